The Kier molecular flexibility index (Phi) is 5.05. The maximum atomic E-state index is 12.5. The van der Waals surface area contributed by atoms with Crippen LogP contribution in [0.25, 0.3) is 0 Å². The first-order chi connectivity index (χ1) is 12.3. The normalized spacial score (nSPS) is 18.3. The van der Waals surface area contributed by atoms with Gasteiger partial charge in [0.2, 0.25) is 11.8 Å². The SMILES string of the molecule is Cc1cc(C)c(NC(=O)C2CC2C(=O)Nc2cccc(Cl)c2C)c(C)c1. The Morgan fingerprint density at radius 1 is 0.962 bits per heavy atom. The van der Waals surface area contributed by atoms with Gasteiger partial charge in [-0.2, -0.15) is 0 Å². The molecule has 4 nitrogen and oxygen atoms in total. The molecule has 2 aromatic carbocycles. The van der Waals surface area contributed by atoms with Crippen LogP contribution in [0, 0.1) is 39.5 Å². The first kappa shape index (κ1) is 18.5. The van der Waals surface area contributed by atoms with Gasteiger partial charge < -0.3 is 10.6 Å². The molecular weight excluding hydrogens is 348 g/mol. The summed E-state index contributed by atoms with van der Waals surface area (Å²) in [4.78, 5) is 25.0. The number of hydrogen-bond acceptors (Lipinski definition) is 2. The van der Waals surface area contributed by atoms with Gasteiger partial charge in [-0.1, -0.05) is 35.4 Å². The highest BCUT2D eigenvalue weighted by Gasteiger charge is 2.48. The number of amides is 2. The second-order valence-electron chi connectivity index (χ2n) is 7.11. The van der Waals surface area contributed by atoms with Crippen LogP contribution in [0.15, 0.2) is 30.3 Å². The highest BCUT2D eigenvalue weighted by molar-refractivity contribution is 6.31. The molecule has 3 rings (SSSR count). The zero-order valence-corrected chi connectivity index (χ0v) is 16.2. The molecule has 0 saturated heterocycles. The number of hydrogen-bond donors (Lipinski definition) is 2. The second-order valence-corrected chi connectivity index (χ2v) is 7.52. The smallest absolute Gasteiger partial charge is 0.228 e. The number of nitrogens with one attached hydrogen (secondary N) is 2. The maximum Gasteiger partial charge on any atom is 0.228 e. The molecule has 0 aliphatic heterocycles. The van der Waals surface area contributed by atoms with Crippen molar-refractivity contribution in [3.05, 3.63) is 57.6 Å². The monoisotopic (exact) mass is 370 g/mol. The minimum absolute atomic E-state index is 0.0944. The largest absolute Gasteiger partial charge is 0.326 e. The van der Waals surface area contributed by atoms with Crippen LogP contribution in [0.2, 0.25) is 5.02 Å². The van der Waals surface area contributed by atoms with Crippen LogP contribution >= 0.6 is 11.6 Å². The van der Waals surface area contributed by atoms with E-state index in [1.54, 1.807) is 12.1 Å². The van der Waals surface area contributed by atoms with Gasteiger partial charge in [0.05, 0.1) is 11.8 Å². The van der Waals surface area contributed by atoms with Crippen molar-refractivity contribution in [1.29, 1.82) is 0 Å². The van der Waals surface area contributed by atoms with Crippen molar-refractivity contribution in [2.45, 2.75) is 34.1 Å². The molecule has 2 aromatic rings. The molecule has 0 aromatic heterocycles. The van der Waals surface area contributed by atoms with E-state index in [1.807, 2.05) is 45.9 Å². The molecule has 5 heteroatoms. The van der Waals surface area contributed by atoms with Crippen molar-refractivity contribution >= 4 is 34.8 Å². The first-order valence-corrected chi connectivity index (χ1v) is 9.10. The number of carbonyl (C=O) groups excluding carboxylic acids is 2. The fourth-order valence-corrected chi connectivity index (χ4v) is 3.51. The Morgan fingerprint density at radius 2 is 1.54 bits per heavy atom. The quantitative estimate of drug-likeness (QED) is 0.813. The van der Waals surface area contributed by atoms with Crippen LogP contribution in [0.4, 0.5) is 11.4 Å². The lowest BCUT2D eigenvalue weighted by molar-refractivity contribution is -0.122. The standard InChI is InChI=1S/C21H23ClN2O2/c1-11-8-12(2)19(13(3)9-11)24-21(26)16-10-15(16)20(25)23-18-7-5-6-17(22)14(18)4/h5-9,15-16H,10H2,1-4H3,(H,23,25)(H,24,26). The molecule has 1 aliphatic carbocycles. The summed E-state index contributed by atoms with van der Waals surface area (Å²) in [5.41, 5.74) is 5.60. The molecule has 2 amide bonds. The summed E-state index contributed by atoms with van der Waals surface area (Å²) in [5, 5.41) is 6.49. The van der Waals surface area contributed by atoms with Gasteiger partial charge in [0.15, 0.2) is 0 Å². The summed E-state index contributed by atoms with van der Waals surface area (Å²) in [6.07, 6.45) is 0.571. The van der Waals surface area contributed by atoms with Crippen molar-refractivity contribution in [3.63, 3.8) is 0 Å². The molecule has 0 bridgehead atoms. The van der Waals surface area contributed by atoms with Gasteiger partial charge in [-0.15, -0.1) is 0 Å². The zero-order valence-electron chi connectivity index (χ0n) is 15.4. The number of rotatable bonds is 4. The van der Waals surface area contributed by atoms with E-state index in [-0.39, 0.29) is 23.7 Å². The first-order valence-electron chi connectivity index (χ1n) is 8.72. The van der Waals surface area contributed by atoms with Gasteiger partial charge in [0, 0.05) is 16.4 Å². The molecule has 1 aliphatic rings. The van der Waals surface area contributed by atoms with Crippen LogP contribution in [-0.4, -0.2) is 11.8 Å². The Labute approximate surface area is 158 Å². The van der Waals surface area contributed by atoms with Crippen LogP contribution in [0.5, 0.6) is 0 Å². The van der Waals surface area contributed by atoms with Gasteiger partial charge in [0.25, 0.3) is 0 Å². The number of carbonyl (C=O) groups is 2. The van der Waals surface area contributed by atoms with Gasteiger partial charge >= 0.3 is 0 Å². The van der Waals surface area contributed by atoms with E-state index in [9.17, 15) is 9.59 Å². The van der Waals surface area contributed by atoms with Crippen molar-refractivity contribution < 1.29 is 9.59 Å². The molecule has 136 valence electrons. The van der Waals surface area contributed by atoms with Gasteiger partial charge in [-0.05, 0) is 62.9 Å². The zero-order chi connectivity index (χ0) is 19.0. The molecule has 26 heavy (non-hydrogen) atoms. The summed E-state index contributed by atoms with van der Waals surface area (Å²) < 4.78 is 0. The highest BCUT2D eigenvalue weighted by Crippen LogP contribution is 2.41. The molecular formula is C21H23ClN2O2. The van der Waals surface area contributed by atoms with E-state index in [4.69, 9.17) is 11.6 Å². The Bertz CT molecular complexity index is 869. The number of anilines is 2. The molecule has 1 saturated carbocycles. The predicted octanol–water partition coefficient (Wildman–Crippen LogP) is 4.79. The Morgan fingerprint density at radius 3 is 2.15 bits per heavy atom. The lowest BCUT2D eigenvalue weighted by atomic mass is 10.0. The lowest BCUT2D eigenvalue weighted by Gasteiger charge is -2.13. The minimum Gasteiger partial charge on any atom is -0.326 e. The number of halogens is 1. The molecule has 2 atom stereocenters. The molecule has 0 spiro atoms. The van der Waals surface area contributed by atoms with E-state index in [2.05, 4.69) is 10.6 Å². The number of benzene rings is 2. The van der Waals surface area contributed by atoms with E-state index in [0.29, 0.717) is 17.1 Å². The average molecular weight is 371 g/mol. The molecule has 0 radical (unpaired) electrons. The summed E-state index contributed by atoms with van der Waals surface area (Å²) in [5.74, 6) is -0.801. The predicted molar refractivity (Wildman–Crippen MR) is 106 cm³/mol. The minimum atomic E-state index is -0.292. The summed E-state index contributed by atoms with van der Waals surface area (Å²) in [6, 6.07) is 9.48. The van der Waals surface area contributed by atoms with E-state index < -0.39 is 0 Å². The van der Waals surface area contributed by atoms with Crippen LogP contribution in [-0.2, 0) is 9.59 Å². The van der Waals surface area contributed by atoms with Crippen molar-refractivity contribution in [2.24, 2.45) is 11.8 Å². The fraction of sp³-hybridized carbons (Fsp3) is 0.333. The van der Waals surface area contributed by atoms with Crippen LogP contribution < -0.4 is 10.6 Å². The third kappa shape index (κ3) is 3.75. The Hall–Kier alpha value is -2.33. The van der Waals surface area contributed by atoms with Crippen molar-refractivity contribution in [1.82, 2.24) is 0 Å². The van der Waals surface area contributed by atoms with Crippen LogP contribution in [0.1, 0.15) is 28.7 Å². The van der Waals surface area contributed by atoms with Gasteiger partial charge in [0.1, 0.15) is 0 Å². The van der Waals surface area contributed by atoms with Crippen molar-refractivity contribution in [2.75, 3.05) is 10.6 Å². The fourth-order valence-electron chi connectivity index (χ4n) is 3.34. The second kappa shape index (κ2) is 7.12. The van der Waals surface area contributed by atoms with Crippen LogP contribution in [0.3, 0.4) is 0 Å². The number of aryl methyl sites for hydroxylation is 3. The summed E-state index contributed by atoms with van der Waals surface area (Å²) >= 11 is 6.09. The topological polar surface area (TPSA) is 58.2 Å². The lowest BCUT2D eigenvalue weighted by Crippen LogP contribution is -2.21. The summed E-state index contributed by atoms with van der Waals surface area (Å²) in [7, 11) is 0. The van der Waals surface area contributed by atoms with E-state index in [1.165, 1.54) is 5.56 Å². The molecule has 2 unspecified atom stereocenters. The maximum absolute atomic E-state index is 12.5. The third-order valence-corrected chi connectivity index (χ3v) is 5.32. The molecule has 1 fully saturated rings. The molecule has 0 heterocycles. The van der Waals surface area contributed by atoms with Crippen molar-refractivity contribution in [3.8, 4) is 0 Å². The Balaban J connectivity index is 1.64. The van der Waals surface area contributed by atoms with E-state index >= 15 is 0 Å². The average Bonchev–Trinajstić information content (AvgIpc) is 3.36. The highest BCUT2D eigenvalue weighted by atomic mass is 35.5. The molecule has 2 N–H and O–H groups in total. The van der Waals surface area contributed by atoms with Gasteiger partial charge in [-0.3, -0.25) is 9.59 Å². The van der Waals surface area contributed by atoms with Gasteiger partial charge in [-0.25, -0.2) is 0 Å². The summed E-state index contributed by atoms with van der Waals surface area (Å²) in [6.45, 7) is 7.85. The van der Waals surface area contributed by atoms with E-state index in [0.717, 1.165) is 22.4 Å². The third-order valence-electron chi connectivity index (χ3n) is 4.91.